The average Bonchev–Trinajstić information content (AvgIpc) is 2.94. The Hall–Kier alpha value is -2.75. The van der Waals surface area contributed by atoms with E-state index in [9.17, 15) is 4.79 Å². The molecule has 4 heteroatoms. The summed E-state index contributed by atoms with van der Waals surface area (Å²) in [5.74, 6) is 0. The Morgan fingerprint density at radius 3 is 2.50 bits per heavy atom. The van der Waals surface area contributed by atoms with Crippen LogP contribution in [-0.4, -0.2) is 21.3 Å². The maximum Gasteiger partial charge on any atom is 0.172 e. The van der Waals surface area contributed by atoms with Gasteiger partial charge in [0.15, 0.2) is 12.0 Å². The van der Waals surface area contributed by atoms with Crippen molar-refractivity contribution in [1.29, 1.82) is 0 Å². The maximum absolute atomic E-state index is 11.3. The molecule has 2 aromatic carbocycles. The van der Waals surface area contributed by atoms with Gasteiger partial charge in [0.25, 0.3) is 0 Å². The van der Waals surface area contributed by atoms with Crippen molar-refractivity contribution in [3.05, 3.63) is 70.9 Å². The molecule has 22 heavy (non-hydrogen) atoms. The van der Waals surface area contributed by atoms with E-state index in [4.69, 9.17) is 0 Å². The molecule has 0 spiro atoms. The minimum atomic E-state index is 0.374. The first kappa shape index (κ1) is 14.2. The number of aromatic nitrogens is 3. The summed E-state index contributed by atoms with van der Waals surface area (Å²) in [6.07, 6.45) is 0.763. The Bertz CT molecular complexity index is 806. The zero-order valence-electron chi connectivity index (χ0n) is 12.7. The molecular weight excluding hydrogens is 274 g/mol. The monoisotopic (exact) mass is 291 g/mol. The fraction of sp³-hybridized carbons (Fsp3) is 0.167. The van der Waals surface area contributed by atoms with Crippen LogP contribution in [0.4, 0.5) is 0 Å². The van der Waals surface area contributed by atoms with Gasteiger partial charge in [0.05, 0.1) is 12.2 Å². The van der Waals surface area contributed by atoms with E-state index in [1.54, 1.807) is 4.68 Å². The molecule has 110 valence electrons. The summed E-state index contributed by atoms with van der Waals surface area (Å²) in [4.78, 5) is 11.3. The first-order valence-corrected chi connectivity index (χ1v) is 7.19. The summed E-state index contributed by atoms with van der Waals surface area (Å²) >= 11 is 0. The van der Waals surface area contributed by atoms with Crippen LogP contribution in [0.15, 0.2) is 48.5 Å². The third-order valence-corrected chi connectivity index (χ3v) is 3.83. The largest absolute Gasteiger partial charge is 0.296 e. The molecule has 0 amide bonds. The number of aryl methyl sites for hydroxylation is 2. The van der Waals surface area contributed by atoms with Gasteiger partial charge in [0.2, 0.25) is 0 Å². The van der Waals surface area contributed by atoms with E-state index >= 15 is 0 Å². The van der Waals surface area contributed by atoms with Gasteiger partial charge in [-0.15, -0.1) is 5.10 Å². The minimum Gasteiger partial charge on any atom is -0.296 e. The number of carbonyl (C=O) groups is 1. The van der Waals surface area contributed by atoms with E-state index in [2.05, 4.69) is 36.3 Å². The smallest absolute Gasteiger partial charge is 0.172 e. The van der Waals surface area contributed by atoms with Crippen molar-refractivity contribution in [3.63, 3.8) is 0 Å². The Kier molecular flexibility index (Phi) is 3.83. The highest BCUT2D eigenvalue weighted by atomic mass is 16.1. The highest BCUT2D eigenvalue weighted by molar-refractivity contribution is 5.83. The topological polar surface area (TPSA) is 47.8 Å². The lowest BCUT2D eigenvalue weighted by Gasteiger charge is -2.09. The lowest BCUT2D eigenvalue weighted by atomic mass is 10.0. The van der Waals surface area contributed by atoms with E-state index in [0.717, 1.165) is 23.1 Å². The van der Waals surface area contributed by atoms with Crippen LogP contribution in [0.25, 0.3) is 11.3 Å². The van der Waals surface area contributed by atoms with Gasteiger partial charge in [-0.1, -0.05) is 47.7 Å². The predicted molar refractivity (Wildman–Crippen MR) is 85.9 cm³/mol. The number of nitrogens with zero attached hydrogens (tertiary/aromatic N) is 3. The van der Waals surface area contributed by atoms with E-state index < -0.39 is 0 Å². The predicted octanol–water partition coefficient (Wildman–Crippen LogP) is 3.42. The molecule has 4 nitrogen and oxygen atoms in total. The van der Waals surface area contributed by atoms with Crippen molar-refractivity contribution < 1.29 is 4.79 Å². The van der Waals surface area contributed by atoms with Crippen LogP contribution in [0.2, 0.25) is 0 Å². The molecule has 0 saturated heterocycles. The number of rotatable bonds is 4. The van der Waals surface area contributed by atoms with Crippen LogP contribution in [0.3, 0.4) is 0 Å². The average molecular weight is 291 g/mol. The summed E-state index contributed by atoms with van der Waals surface area (Å²) in [5, 5.41) is 8.15. The fourth-order valence-electron chi connectivity index (χ4n) is 2.46. The van der Waals surface area contributed by atoms with Crippen molar-refractivity contribution >= 4 is 6.29 Å². The Morgan fingerprint density at radius 2 is 1.82 bits per heavy atom. The van der Waals surface area contributed by atoms with Gasteiger partial charge in [-0.25, -0.2) is 4.68 Å². The van der Waals surface area contributed by atoms with Gasteiger partial charge in [-0.3, -0.25) is 4.79 Å². The van der Waals surface area contributed by atoms with Crippen LogP contribution >= 0.6 is 0 Å². The Balaban J connectivity index is 2.07. The van der Waals surface area contributed by atoms with E-state index in [0.29, 0.717) is 12.2 Å². The van der Waals surface area contributed by atoms with Gasteiger partial charge >= 0.3 is 0 Å². The van der Waals surface area contributed by atoms with E-state index in [1.165, 1.54) is 11.1 Å². The number of aldehydes is 1. The van der Waals surface area contributed by atoms with Crippen molar-refractivity contribution in [2.45, 2.75) is 20.4 Å². The summed E-state index contributed by atoms with van der Waals surface area (Å²) in [6, 6.07) is 16.2. The molecule has 3 rings (SSSR count). The van der Waals surface area contributed by atoms with Crippen LogP contribution in [0, 0.1) is 13.8 Å². The highest BCUT2D eigenvalue weighted by Crippen LogP contribution is 2.24. The van der Waals surface area contributed by atoms with Crippen molar-refractivity contribution in [1.82, 2.24) is 15.0 Å². The molecule has 0 aliphatic carbocycles. The highest BCUT2D eigenvalue weighted by Gasteiger charge is 2.15. The molecule has 1 aromatic heterocycles. The Morgan fingerprint density at radius 1 is 1.05 bits per heavy atom. The van der Waals surface area contributed by atoms with Gasteiger partial charge < -0.3 is 0 Å². The fourth-order valence-corrected chi connectivity index (χ4v) is 2.46. The lowest BCUT2D eigenvalue weighted by Crippen LogP contribution is -2.04. The van der Waals surface area contributed by atoms with Crippen LogP contribution in [0.5, 0.6) is 0 Å². The second kappa shape index (κ2) is 5.93. The Labute approximate surface area is 129 Å². The summed E-state index contributed by atoms with van der Waals surface area (Å²) in [5.41, 5.74) is 5.63. The van der Waals surface area contributed by atoms with E-state index in [-0.39, 0.29) is 0 Å². The molecule has 0 aliphatic heterocycles. The second-order valence-corrected chi connectivity index (χ2v) is 5.38. The lowest BCUT2D eigenvalue weighted by molar-refractivity contribution is 0.111. The number of hydrogen-bond acceptors (Lipinski definition) is 3. The summed E-state index contributed by atoms with van der Waals surface area (Å²) in [6.45, 7) is 4.72. The second-order valence-electron chi connectivity index (χ2n) is 5.38. The molecule has 0 fully saturated rings. The molecule has 0 radical (unpaired) electrons. The maximum atomic E-state index is 11.3. The van der Waals surface area contributed by atoms with Crippen molar-refractivity contribution in [2.24, 2.45) is 0 Å². The quantitative estimate of drug-likeness (QED) is 0.692. The van der Waals surface area contributed by atoms with Gasteiger partial charge in [-0.05, 0) is 36.6 Å². The SMILES string of the molecule is Cc1ccc(-c2c(C=O)nnn2Cc2ccccc2)cc1C. The van der Waals surface area contributed by atoms with Crippen LogP contribution in [0.1, 0.15) is 27.2 Å². The molecule has 0 atom stereocenters. The molecule has 0 bridgehead atoms. The molecule has 1 heterocycles. The van der Waals surface area contributed by atoms with E-state index in [1.807, 2.05) is 36.4 Å². The molecule has 0 aliphatic rings. The number of benzene rings is 2. The standard InChI is InChI=1S/C18H17N3O/c1-13-8-9-16(10-14(13)2)18-17(12-22)19-20-21(18)11-15-6-4-3-5-7-15/h3-10,12H,11H2,1-2H3. The van der Waals surface area contributed by atoms with Crippen molar-refractivity contribution in [2.75, 3.05) is 0 Å². The van der Waals surface area contributed by atoms with Crippen LogP contribution in [-0.2, 0) is 6.54 Å². The first-order chi connectivity index (χ1) is 10.7. The number of carbonyl (C=O) groups excluding carboxylic acids is 1. The third-order valence-electron chi connectivity index (χ3n) is 3.83. The molecular formula is C18H17N3O. The van der Waals surface area contributed by atoms with Crippen molar-refractivity contribution in [3.8, 4) is 11.3 Å². The third kappa shape index (κ3) is 2.68. The molecule has 0 saturated carbocycles. The summed E-state index contributed by atoms with van der Waals surface area (Å²) < 4.78 is 1.78. The summed E-state index contributed by atoms with van der Waals surface area (Å²) in [7, 11) is 0. The van der Waals surface area contributed by atoms with Crippen LogP contribution < -0.4 is 0 Å². The number of hydrogen-bond donors (Lipinski definition) is 0. The molecule has 3 aromatic rings. The minimum absolute atomic E-state index is 0.374. The van der Waals surface area contributed by atoms with Gasteiger partial charge in [0.1, 0.15) is 0 Å². The van der Waals surface area contributed by atoms with Gasteiger partial charge in [0, 0.05) is 5.56 Å². The molecule has 0 unspecified atom stereocenters. The normalized spacial score (nSPS) is 10.6. The molecule has 0 N–H and O–H groups in total. The zero-order valence-corrected chi connectivity index (χ0v) is 12.7. The van der Waals surface area contributed by atoms with Gasteiger partial charge in [-0.2, -0.15) is 0 Å². The zero-order chi connectivity index (χ0) is 15.5. The first-order valence-electron chi connectivity index (χ1n) is 7.19.